The van der Waals surface area contributed by atoms with E-state index in [9.17, 15) is 4.79 Å². The van der Waals surface area contributed by atoms with Crippen molar-refractivity contribution in [2.45, 2.75) is 6.92 Å². The summed E-state index contributed by atoms with van der Waals surface area (Å²) >= 11 is 0.981. The van der Waals surface area contributed by atoms with Crippen LogP contribution in [0.2, 0.25) is 0 Å². The monoisotopic (exact) mass is 293 g/mol. The predicted octanol–water partition coefficient (Wildman–Crippen LogP) is 1.61. The third-order valence-electron chi connectivity index (χ3n) is 1.51. The van der Waals surface area contributed by atoms with E-state index in [1.807, 2.05) is 25.1 Å². The van der Waals surface area contributed by atoms with Crippen LogP contribution < -0.4 is 4.16 Å². The van der Waals surface area contributed by atoms with Crippen LogP contribution in [0.25, 0.3) is 0 Å². The SMILES string of the molecule is Br.CCOC(=O)c1cccc[c]1[Zn]. The molecule has 0 bridgehead atoms. The maximum atomic E-state index is 11.3. The number of halogens is 1. The van der Waals surface area contributed by atoms with E-state index in [0.717, 1.165) is 22.5 Å². The Hall–Kier alpha value is -0.207. The second-order valence-electron chi connectivity index (χ2n) is 2.38. The van der Waals surface area contributed by atoms with E-state index >= 15 is 0 Å². The summed E-state index contributed by atoms with van der Waals surface area (Å²) in [7, 11) is 0. The summed E-state index contributed by atoms with van der Waals surface area (Å²) in [6.45, 7) is 2.25. The first-order chi connectivity index (χ1) is 5.75. The van der Waals surface area contributed by atoms with E-state index < -0.39 is 0 Å². The Labute approximate surface area is 98.1 Å². The fourth-order valence-corrected chi connectivity index (χ4v) is 1.76. The molecule has 0 unspecified atom stereocenters. The van der Waals surface area contributed by atoms with Gasteiger partial charge >= 0.3 is 81.3 Å². The summed E-state index contributed by atoms with van der Waals surface area (Å²) in [5.41, 5.74) is 0.708. The van der Waals surface area contributed by atoms with Gasteiger partial charge in [-0.3, -0.25) is 0 Å². The average Bonchev–Trinajstić information content (AvgIpc) is 2.05. The molecule has 1 rings (SSSR count). The van der Waals surface area contributed by atoms with Gasteiger partial charge in [-0.05, 0) is 0 Å². The van der Waals surface area contributed by atoms with Crippen LogP contribution in [0.15, 0.2) is 24.3 Å². The van der Waals surface area contributed by atoms with E-state index in [4.69, 9.17) is 4.74 Å². The summed E-state index contributed by atoms with van der Waals surface area (Å²) in [6, 6.07) is 7.54. The van der Waals surface area contributed by atoms with Crippen LogP contribution in [-0.2, 0) is 23.0 Å². The molecule has 0 heterocycles. The van der Waals surface area contributed by atoms with Crippen LogP contribution in [0, 0.1) is 0 Å². The van der Waals surface area contributed by atoms with Crippen molar-refractivity contribution < 1.29 is 27.8 Å². The molecule has 0 aliphatic heterocycles. The quantitative estimate of drug-likeness (QED) is 0.612. The van der Waals surface area contributed by atoms with Gasteiger partial charge in [0.25, 0.3) is 0 Å². The molecule has 1 aromatic carbocycles. The zero-order valence-electron chi connectivity index (χ0n) is 7.45. The van der Waals surface area contributed by atoms with Crippen LogP contribution in [0.3, 0.4) is 0 Å². The van der Waals surface area contributed by atoms with Crippen LogP contribution in [0.1, 0.15) is 17.3 Å². The van der Waals surface area contributed by atoms with Gasteiger partial charge in [-0.1, -0.05) is 0 Å². The molecule has 0 aliphatic rings. The first-order valence-corrected chi connectivity index (χ1v) is 5.32. The number of benzene rings is 1. The molecule has 0 aromatic heterocycles. The zero-order chi connectivity index (χ0) is 8.97. The second kappa shape index (κ2) is 6.28. The van der Waals surface area contributed by atoms with E-state index in [0.29, 0.717) is 12.2 Å². The Morgan fingerprint density at radius 3 is 2.62 bits per heavy atom. The Balaban J connectivity index is 0.00000144. The minimum atomic E-state index is -0.209. The molecule has 0 saturated carbocycles. The van der Waals surface area contributed by atoms with Crippen molar-refractivity contribution in [1.82, 2.24) is 0 Å². The molecule has 0 atom stereocenters. The summed E-state index contributed by atoms with van der Waals surface area (Å²) in [4.78, 5) is 11.3. The number of carbonyl (C=O) groups is 1. The molecule has 0 radical (unpaired) electrons. The van der Waals surface area contributed by atoms with Gasteiger partial charge in [-0.15, -0.1) is 17.0 Å². The number of esters is 1. The molecule has 13 heavy (non-hydrogen) atoms. The molecule has 1 aromatic rings. The van der Waals surface area contributed by atoms with Gasteiger partial charge in [0, 0.05) is 0 Å². The molecule has 67 valence electrons. The fraction of sp³-hybridized carbons (Fsp3) is 0.222. The molecule has 0 saturated heterocycles. The average molecular weight is 295 g/mol. The van der Waals surface area contributed by atoms with Crippen LogP contribution >= 0.6 is 17.0 Å². The Morgan fingerprint density at radius 2 is 2.08 bits per heavy atom. The molecule has 0 aliphatic carbocycles. The van der Waals surface area contributed by atoms with Crippen molar-refractivity contribution in [2.24, 2.45) is 0 Å². The van der Waals surface area contributed by atoms with Crippen molar-refractivity contribution in [3.8, 4) is 0 Å². The van der Waals surface area contributed by atoms with Crippen molar-refractivity contribution in [3.05, 3.63) is 29.8 Å². The Morgan fingerprint density at radius 1 is 1.46 bits per heavy atom. The van der Waals surface area contributed by atoms with Gasteiger partial charge in [-0.2, -0.15) is 0 Å². The van der Waals surface area contributed by atoms with Crippen LogP contribution in [0.5, 0.6) is 0 Å². The van der Waals surface area contributed by atoms with E-state index in [2.05, 4.69) is 0 Å². The maximum absolute atomic E-state index is 11.3. The third-order valence-corrected chi connectivity index (χ3v) is 2.81. The fourth-order valence-electron chi connectivity index (χ4n) is 0.928. The molecule has 0 N–H and O–H groups in total. The molecule has 4 heteroatoms. The molecule has 2 nitrogen and oxygen atoms in total. The van der Waals surface area contributed by atoms with Crippen molar-refractivity contribution in [3.63, 3.8) is 0 Å². The molecule has 0 fully saturated rings. The van der Waals surface area contributed by atoms with E-state index in [1.165, 1.54) is 0 Å². The van der Waals surface area contributed by atoms with Crippen LogP contribution in [-0.4, -0.2) is 12.6 Å². The first-order valence-electron chi connectivity index (χ1n) is 3.83. The summed E-state index contributed by atoms with van der Waals surface area (Å²) in [6.07, 6.45) is 0. The number of rotatable bonds is 2. The first kappa shape index (κ1) is 12.8. The number of hydrogen-bond acceptors (Lipinski definition) is 2. The van der Waals surface area contributed by atoms with Gasteiger partial charge in [0.05, 0.1) is 0 Å². The van der Waals surface area contributed by atoms with Gasteiger partial charge in [0.15, 0.2) is 0 Å². The molecule has 0 amide bonds. The van der Waals surface area contributed by atoms with Gasteiger partial charge in [0.1, 0.15) is 0 Å². The Bertz CT molecular complexity index is 289. The third kappa shape index (κ3) is 3.57. The zero-order valence-corrected chi connectivity index (χ0v) is 12.1. The molecular formula is C9H10BrO2Zn. The second-order valence-corrected chi connectivity index (χ2v) is 3.98. The van der Waals surface area contributed by atoms with Crippen molar-refractivity contribution in [1.29, 1.82) is 0 Å². The van der Waals surface area contributed by atoms with E-state index in [-0.39, 0.29) is 23.0 Å². The number of hydrogen-bond donors (Lipinski definition) is 0. The topological polar surface area (TPSA) is 26.3 Å². The minimum absolute atomic E-state index is 0. The van der Waals surface area contributed by atoms with Crippen molar-refractivity contribution >= 4 is 27.1 Å². The summed E-state index contributed by atoms with van der Waals surface area (Å²) < 4.78 is 5.97. The van der Waals surface area contributed by atoms with Gasteiger partial charge in [-0.25, -0.2) is 0 Å². The normalized spacial score (nSPS) is 8.85. The van der Waals surface area contributed by atoms with E-state index in [1.54, 1.807) is 6.07 Å². The van der Waals surface area contributed by atoms with Gasteiger partial charge < -0.3 is 0 Å². The van der Waals surface area contributed by atoms with Gasteiger partial charge in [0.2, 0.25) is 0 Å². The van der Waals surface area contributed by atoms with Crippen molar-refractivity contribution in [2.75, 3.05) is 6.61 Å². The number of ether oxygens (including phenoxy) is 1. The standard InChI is InChI=1S/C9H9O2.BrH.Zn/c1-2-11-9(10)8-6-4-3-5-7-8;;/h3-6H,2H2,1H3;1H;. The number of carbonyl (C=O) groups excluding carboxylic acids is 1. The Kier molecular flexibility index (Phi) is 6.18. The summed E-state index contributed by atoms with van der Waals surface area (Å²) in [5.74, 6) is -0.209. The summed E-state index contributed by atoms with van der Waals surface area (Å²) in [5, 5.41) is 0. The predicted molar refractivity (Wildman–Crippen MR) is 52.4 cm³/mol. The molecule has 0 spiro atoms. The molecular weight excluding hydrogens is 285 g/mol. The van der Waals surface area contributed by atoms with Crippen LogP contribution in [0.4, 0.5) is 0 Å².